The van der Waals surface area contributed by atoms with Crippen LogP contribution in [0.25, 0.3) is 11.3 Å². The summed E-state index contributed by atoms with van der Waals surface area (Å²) in [4.78, 5) is 4.66. The number of anilines is 1. The first-order valence-electron chi connectivity index (χ1n) is 9.65. The van der Waals surface area contributed by atoms with E-state index in [4.69, 9.17) is 4.74 Å². The molecule has 2 aromatic carbocycles. The molecule has 1 N–H and O–H groups in total. The van der Waals surface area contributed by atoms with Crippen molar-refractivity contribution in [1.29, 1.82) is 0 Å². The quantitative estimate of drug-likeness (QED) is 0.565. The van der Waals surface area contributed by atoms with Crippen LogP contribution in [0.3, 0.4) is 0 Å². The molecule has 0 aliphatic carbocycles. The molecule has 144 valence electrons. The number of thioether (sulfide) groups is 1. The van der Waals surface area contributed by atoms with Gasteiger partial charge in [-0.25, -0.2) is 0 Å². The van der Waals surface area contributed by atoms with Crippen molar-refractivity contribution in [2.24, 2.45) is 0 Å². The zero-order valence-corrected chi connectivity index (χ0v) is 17.2. The molecule has 2 heterocycles. The van der Waals surface area contributed by atoms with Crippen LogP contribution in [0.5, 0.6) is 5.88 Å². The van der Waals surface area contributed by atoms with Gasteiger partial charge in [0, 0.05) is 22.6 Å². The maximum Gasteiger partial charge on any atom is 0.247 e. The standard InChI is InChI=1S/C22H24N4OS/c1-4-13-28-22-24-21-19(25-26-22)17-7-5-6-8-18(17)23-20(27-21)16-11-9-15(10-12-16)14(2)3/h5-12,14,20,23H,4,13H2,1-3H3. The molecule has 1 atom stereocenters. The zero-order valence-electron chi connectivity index (χ0n) is 16.3. The maximum absolute atomic E-state index is 6.31. The van der Waals surface area contributed by atoms with E-state index in [-0.39, 0.29) is 6.23 Å². The fourth-order valence-corrected chi connectivity index (χ4v) is 3.74. The molecule has 0 bridgehead atoms. The Bertz CT molecular complexity index is 959. The van der Waals surface area contributed by atoms with Crippen LogP contribution in [0.4, 0.5) is 5.69 Å². The van der Waals surface area contributed by atoms with E-state index >= 15 is 0 Å². The number of aromatic nitrogens is 3. The number of para-hydroxylation sites is 1. The van der Waals surface area contributed by atoms with Gasteiger partial charge in [-0.3, -0.25) is 0 Å². The molecule has 1 aromatic heterocycles. The van der Waals surface area contributed by atoms with E-state index < -0.39 is 0 Å². The normalized spacial score (nSPS) is 15.2. The predicted octanol–water partition coefficient (Wildman–Crippen LogP) is 5.67. The van der Waals surface area contributed by atoms with Crippen molar-refractivity contribution < 1.29 is 4.74 Å². The van der Waals surface area contributed by atoms with Gasteiger partial charge in [-0.05, 0) is 24.0 Å². The van der Waals surface area contributed by atoms with Crippen LogP contribution in [-0.2, 0) is 0 Å². The Morgan fingerprint density at radius 3 is 2.61 bits per heavy atom. The van der Waals surface area contributed by atoms with Gasteiger partial charge in [0.15, 0.2) is 11.9 Å². The maximum atomic E-state index is 6.31. The smallest absolute Gasteiger partial charge is 0.247 e. The Hall–Kier alpha value is -2.60. The third-order valence-electron chi connectivity index (χ3n) is 4.67. The molecule has 4 rings (SSSR count). The summed E-state index contributed by atoms with van der Waals surface area (Å²) in [6.45, 7) is 6.53. The molecule has 28 heavy (non-hydrogen) atoms. The zero-order chi connectivity index (χ0) is 19.5. The van der Waals surface area contributed by atoms with E-state index in [2.05, 4.69) is 65.5 Å². The second kappa shape index (κ2) is 8.19. The molecule has 1 aliphatic rings. The summed E-state index contributed by atoms with van der Waals surface area (Å²) in [7, 11) is 0. The molecule has 0 radical (unpaired) electrons. The largest absolute Gasteiger partial charge is 0.448 e. The Labute approximate surface area is 170 Å². The first kappa shape index (κ1) is 18.7. The summed E-state index contributed by atoms with van der Waals surface area (Å²) in [6, 6.07) is 16.6. The Morgan fingerprint density at radius 2 is 1.86 bits per heavy atom. The van der Waals surface area contributed by atoms with Crippen LogP contribution in [0.15, 0.2) is 53.7 Å². The molecule has 1 unspecified atom stereocenters. The van der Waals surface area contributed by atoms with Crippen LogP contribution in [0.1, 0.15) is 50.5 Å². The van der Waals surface area contributed by atoms with Crippen molar-refractivity contribution in [2.45, 2.75) is 44.5 Å². The van der Waals surface area contributed by atoms with Gasteiger partial charge in [-0.1, -0.05) is 75.0 Å². The molecule has 3 aromatic rings. The van der Waals surface area contributed by atoms with Crippen molar-refractivity contribution in [3.05, 3.63) is 59.7 Å². The highest BCUT2D eigenvalue weighted by Crippen LogP contribution is 2.39. The van der Waals surface area contributed by atoms with Gasteiger partial charge in [0.05, 0.1) is 0 Å². The summed E-state index contributed by atoms with van der Waals surface area (Å²) >= 11 is 1.60. The minimum Gasteiger partial charge on any atom is -0.448 e. The fourth-order valence-electron chi connectivity index (χ4n) is 3.11. The molecule has 0 saturated heterocycles. The number of fused-ring (bicyclic) bond motifs is 3. The Balaban J connectivity index is 1.74. The molecule has 5 nitrogen and oxygen atoms in total. The van der Waals surface area contributed by atoms with Crippen molar-refractivity contribution in [3.8, 4) is 17.1 Å². The van der Waals surface area contributed by atoms with Crippen LogP contribution < -0.4 is 10.1 Å². The fraction of sp³-hybridized carbons (Fsp3) is 0.318. The van der Waals surface area contributed by atoms with Gasteiger partial charge in [0.25, 0.3) is 0 Å². The van der Waals surface area contributed by atoms with E-state index in [9.17, 15) is 0 Å². The van der Waals surface area contributed by atoms with Gasteiger partial charge in [0.1, 0.15) is 0 Å². The number of benzene rings is 2. The third-order valence-corrected chi connectivity index (χ3v) is 5.72. The topological polar surface area (TPSA) is 59.9 Å². The lowest BCUT2D eigenvalue weighted by molar-refractivity contribution is 0.225. The van der Waals surface area contributed by atoms with Crippen molar-refractivity contribution in [3.63, 3.8) is 0 Å². The Morgan fingerprint density at radius 1 is 1.07 bits per heavy atom. The average molecular weight is 393 g/mol. The molecule has 0 spiro atoms. The van der Waals surface area contributed by atoms with Crippen LogP contribution in [0, 0.1) is 0 Å². The minimum atomic E-state index is -0.343. The molecule has 0 saturated carbocycles. The first-order valence-corrected chi connectivity index (χ1v) is 10.6. The summed E-state index contributed by atoms with van der Waals surface area (Å²) in [5.41, 5.74) is 4.94. The minimum absolute atomic E-state index is 0.343. The van der Waals surface area contributed by atoms with E-state index in [1.165, 1.54) is 5.56 Å². The number of ether oxygens (including phenoxy) is 1. The first-order chi connectivity index (χ1) is 13.7. The number of hydrogen-bond donors (Lipinski definition) is 1. The van der Waals surface area contributed by atoms with Gasteiger partial charge < -0.3 is 10.1 Å². The van der Waals surface area contributed by atoms with Crippen molar-refractivity contribution in [1.82, 2.24) is 15.2 Å². The lowest BCUT2D eigenvalue weighted by atomic mass is 10.0. The average Bonchev–Trinajstić information content (AvgIpc) is 2.88. The number of nitrogens with zero attached hydrogens (tertiary/aromatic N) is 3. The number of hydrogen-bond acceptors (Lipinski definition) is 6. The Kier molecular flexibility index (Phi) is 5.48. The lowest BCUT2D eigenvalue weighted by Gasteiger charge is -2.20. The molecule has 0 amide bonds. The summed E-state index contributed by atoms with van der Waals surface area (Å²) in [5, 5.41) is 12.9. The van der Waals surface area contributed by atoms with Gasteiger partial charge >= 0.3 is 0 Å². The lowest BCUT2D eigenvalue weighted by Crippen LogP contribution is -2.17. The monoisotopic (exact) mass is 392 g/mol. The van der Waals surface area contributed by atoms with Crippen molar-refractivity contribution in [2.75, 3.05) is 11.1 Å². The highest BCUT2D eigenvalue weighted by molar-refractivity contribution is 7.99. The summed E-state index contributed by atoms with van der Waals surface area (Å²) in [5.74, 6) is 1.97. The van der Waals surface area contributed by atoms with Gasteiger partial charge in [-0.2, -0.15) is 4.98 Å². The molecular weight excluding hydrogens is 368 g/mol. The van der Waals surface area contributed by atoms with Crippen LogP contribution >= 0.6 is 11.8 Å². The highest BCUT2D eigenvalue weighted by Gasteiger charge is 2.26. The van der Waals surface area contributed by atoms with Crippen LogP contribution in [0.2, 0.25) is 0 Å². The summed E-state index contributed by atoms with van der Waals surface area (Å²) < 4.78 is 6.31. The highest BCUT2D eigenvalue weighted by atomic mass is 32.2. The molecular formula is C22H24N4OS. The van der Waals surface area contributed by atoms with E-state index in [1.807, 2.05) is 24.3 Å². The second-order valence-corrected chi connectivity index (χ2v) is 8.17. The number of nitrogens with one attached hydrogen (secondary N) is 1. The molecule has 6 heteroatoms. The second-order valence-electron chi connectivity index (χ2n) is 7.11. The number of rotatable bonds is 5. The SMILES string of the molecule is CCCSc1nnc2c(n1)OC(c1ccc(C(C)C)cc1)Nc1ccccc1-2. The van der Waals surface area contributed by atoms with E-state index in [0.717, 1.165) is 29.0 Å². The third kappa shape index (κ3) is 3.83. The molecule has 1 aliphatic heterocycles. The van der Waals surface area contributed by atoms with Crippen molar-refractivity contribution >= 4 is 17.4 Å². The summed E-state index contributed by atoms with van der Waals surface area (Å²) in [6.07, 6.45) is 0.714. The van der Waals surface area contributed by atoms with E-state index in [0.29, 0.717) is 22.6 Å². The van der Waals surface area contributed by atoms with Gasteiger partial charge in [-0.15, -0.1) is 10.2 Å². The van der Waals surface area contributed by atoms with Crippen LogP contribution in [-0.4, -0.2) is 20.9 Å². The van der Waals surface area contributed by atoms with E-state index in [1.54, 1.807) is 11.8 Å². The molecule has 0 fully saturated rings. The predicted molar refractivity (Wildman–Crippen MR) is 114 cm³/mol. The van der Waals surface area contributed by atoms with Gasteiger partial charge in [0.2, 0.25) is 11.0 Å².